The normalized spacial score (nSPS) is 20.9. The van der Waals surface area contributed by atoms with Crippen molar-refractivity contribution in [3.63, 3.8) is 0 Å². The van der Waals surface area contributed by atoms with Crippen LogP contribution in [0.25, 0.3) is 11.0 Å². The highest BCUT2D eigenvalue weighted by Crippen LogP contribution is 2.39. The topological polar surface area (TPSA) is 43.8 Å². The number of nitrogens with two attached hydrogens (primary N) is 1. The summed E-state index contributed by atoms with van der Waals surface area (Å²) in [5.41, 5.74) is 14.0. The molecule has 2 atom stereocenters. The fourth-order valence-electron chi connectivity index (χ4n) is 3.42. The summed E-state index contributed by atoms with van der Waals surface area (Å²) in [6, 6.07) is 13.2. The molecular formula is C18H19N3. The van der Waals surface area contributed by atoms with Gasteiger partial charge in [0.1, 0.15) is 0 Å². The number of fused-ring (bicyclic) bond motifs is 2. The lowest BCUT2D eigenvalue weighted by molar-refractivity contribution is 0.460. The first kappa shape index (κ1) is 12.6. The second kappa shape index (κ2) is 4.43. The van der Waals surface area contributed by atoms with Crippen molar-refractivity contribution in [2.45, 2.75) is 32.4 Å². The van der Waals surface area contributed by atoms with Crippen LogP contribution in [0.5, 0.6) is 0 Å². The van der Waals surface area contributed by atoms with E-state index in [2.05, 4.69) is 59.8 Å². The third-order valence-corrected chi connectivity index (χ3v) is 4.81. The highest BCUT2D eigenvalue weighted by atomic mass is 15.1. The highest BCUT2D eigenvalue weighted by molar-refractivity contribution is 5.77. The number of nitrogens with zero attached hydrogens (tertiary/aromatic N) is 2. The first-order chi connectivity index (χ1) is 10.1. The standard InChI is InChI=1S/C18H19N3/c1-11-7-15-16(8-12(11)2)21(10-20-15)17-9-13-5-3-4-6-14(13)18(17)19/h3-8,10,17-18H,9,19H2,1-2H3. The lowest BCUT2D eigenvalue weighted by Crippen LogP contribution is -2.20. The number of benzene rings is 2. The molecule has 3 aromatic rings. The van der Waals surface area contributed by atoms with Crippen molar-refractivity contribution < 1.29 is 0 Å². The van der Waals surface area contributed by atoms with Gasteiger partial charge in [0.05, 0.1) is 29.4 Å². The fourth-order valence-corrected chi connectivity index (χ4v) is 3.42. The summed E-state index contributed by atoms with van der Waals surface area (Å²) in [5, 5.41) is 0. The molecule has 0 fully saturated rings. The van der Waals surface area contributed by atoms with Crippen molar-refractivity contribution in [3.8, 4) is 0 Å². The fraction of sp³-hybridized carbons (Fsp3) is 0.278. The van der Waals surface area contributed by atoms with Crippen molar-refractivity contribution in [3.05, 3.63) is 65.0 Å². The Morgan fingerprint density at radius 3 is 2.71 bits per heavy atom. The van der Waals surface area contributed by atoms with E-state index in [9.17, 15) is 0 Å². The monoisotopic (exact) mass is 277 g/mol. The van der Waals surface area contributed by atoms with Crippen molar-refractivity contribution in [2.24, 2.45) is 5.73 Å². The van der Waals surface area contributed by atoms with E-state index in [1.165, 1.54) is 27.8 Å². The van der Waals surface area contributed by atoms with Crippen molar-refractivity contribution in [1.82, 2.24) is 9.55 Å². The third kappa shape index (κ3) is 1.81. The molecule has 1 heterocycles. The van der Waals surface area contributed by atoms with Gasteiger partial charge in [0.15, 0.2) is 0 Å². The molecule has 106 valence electrons. The predicted molar refractivity (Wildman–Crippen MR) is 85.3 cm³/mol. The summed E-state index contributed by atoms with van der Waals surface area (Å²) in [6.45, 7) is 4.28. The zero-order valence-electron chi connectivity index (χ0n) is 12.4. The molecule has 4 rings (SSSR count). The van der Waals surface area contributed by atoms with Gasteiger partial charge in [-0.3, -0.25) is 0 Å². The van der Waals surface area contributed by atoms with E-state index in [0.717, 1.165) is 11.9 Å². The van der Waals surface area contributed by atoms with Crippen LogP contribution in [0.2, 0.25) is 0 Å². The molecule has 0 saturated heterocycles. The molecular weight excluding hydrogens is 258 g/mol. The Balaban J connectivity index is 1.84. The Morgan fingerprint density at radius 2 is 1.90 bits per heavy atom. The summed E-state index contributed by atoms with van der Waals surface area (Å²) < 4.78 is 2.26. The van der Waals surface area contributed by atoms with Crippen LogP contribution in [0.1, 0.15) is 34.3 Å². The summed E-state index contributed by atoms with van der Waals surface area (Å²) in [4.78, 5) is 4.57. The average Bonchev–Trinajstić information content (AvgIpc) is 3.02. The first-order valence-corrected chi connectivity index (χ1v) is 7.42. The summed E-state index contributed by atoms with van der Waals surface area (Å²) >= 11 is 0. The Bertz CT molecular complexity index is 832. The van der Waals surface area contributed by atoms with Gasteiger partial charge in [-0.05, 0) is 54.7 Å². The zero-order valence-corrected chi connectivity index (χ0v) is 12.4. The molecule has 21 heavy (non-hydrogen) atoms. The van der Waals surface area contributed by atoms with Crippen molar-refractivity contribution in [2.75, 3.05) is 0 Å². The third-order valence-electron chi connectivity index (χ3n) is 4.81. The molecule has 3 heteroatoms. The molecule has 1 aliphatic carbocycles. The van der Waals surface area contributed by atoms with Gasteiger partial charge in [0.2, 0.25) is 0 Å². The summed E-state index contributed by atoms with van der Waals surface area (Å²) in [5.74, 6) is 0. The quantitative estimate of drug-likeness (QED) is 0.740. The van der Waals surface area contributed by atoms with Gasteiger partial charge < -0.3 is 10.3 Å². The van der Waals surface area contributed by atoms with Gasteiger partial charge in [-0.1, -0.05) is 24.3 Å². The number of aryl methyl sites for hydroxylation is 2. The molecule has 0 aliphatic heterocycles. The molecule has 2 aromatic carbocycles. The van der Waals surface area contributed by atoms with Gasteiger partial charge in [0, 0.05) is 0 Å². The van der Waals surface area contributed by atoms with Crippen LogP contribution in [-0.2, 0) is 6.42 Å². The maximum atomic E-state index is 6.49. The number of hydrogen-bond acceptors (Lipinski definition) is 2. The average molecular weight is 277 g/mol. The molecule has 0 amide bonds. The van der Waals surface area contributed by atoms with E-state index in [-0.39, 0.29) is 12.1 Å². The Labute approximate surface area is 124 Å². The largest absolute Gasteiger partial charge is 0.325 e. The smallest absolute Gasteiger partial charge is 0.0961 e. The zero-order chi connectivity index (χ0) is 14.6. The Kier molecular flexibility index (Phi) is 2.66. The van der Waals surface area contributed by atoms with E-state index >= 15 is 0 Å². The van der Waals surface area contributed by atoms with Gasteiger partial charge in [-0.25, -0.2) is 4.98 Å². The number of imidazole rings is 1. The summed E-state index contributed by atoms with van der Waals surface area (Å²) in [6.07, 6.45) is 2.93. The molecule has 1 aromatic heterocycles. The minimum atomic E-state index is 0.0419. The van der Waals surface area contributed by atoms with Crippen LogP contribution < -0.4 is 5.73 Å². The van der Waals surface area contributed by atoms with E-state index in [4.69, 9.17) is 5.73 Å². The molecule has 3 nitrogen and oxygen atoms in total. The van der Waals surface area contributed by atoms with Crippen LogP contribution in [0.3, 0.4) is 0 Å². The molecule has 2 unspecified atom stereocenters. The second-order valence-electron chi connectivity index (χ2n) is 6.07. The second-order valence-corrected chi connectivity index (χ2v) is 6.07. The Hall–Kier alpha value is -2.13. The predicted octanol–water partition coefficient (Wildman–Crippen LogP) is 3.45. The molecule has 2 N–H and O–H groups in total. The highest BCUT2D eigenvalue weighted by Gasteiger charge is 2.31. The van der Waals surface area contributed by atoms with Crippen LogP contribution in [0.15, 0.2) is 42.7 Å². The molecule has 0 spiro atoms. The van der Waals surface area contributed by atoms with Gasteiger partial charge in [-0.15, -0.1) is 0 Å². The van der Waals surface area contributed by atoms with E-state index in [0.29, 0.717) is 0 Å². The number of hydrogen-bond donors (Lipinski definition) is 1. The molecule has 0 bridgehead atoms. The van der Waals surface area contributed by atoms with Crippen LogP contribution in [-0.4, -0.2) is 9.55 Å². The molecule has 0 saturated carbocycles. The van der Waals surface area contributed by atoms with E-state index in [1.807, 2.05) is 6.33 Å². The Morgan fingerprint density at radius 1 is 1.14 bits per heavy atom. The minimum absolute atomic E-state index is 0.0419. The SMILES string of the molecule is Cc1cc2ncn(C3Cc4ccccc4C3N)c2cc1C. The van der Waals surface area contributed by atoms with Crippen LogP contribution >= 0.6 is 0 Å². The minimum Gasteiger partial charge on any atom is -0.325 e. The van der Waals surface area contributed by atoms with Gasteiger partial charge >= 0.3 is 0 Å². The maximum Gasteiger partial charge on any atom is 0.0961 e. The molecule has 0 radical (unpaired) electrons. The van der Waals surface area contributed by atoms with E-state index < -0.39 is 0 Å². The first-order valence-electron chi connectivity index (χ1n) is 7.42. The van der Waals surface area contributed by atoms with Crippen LogP contribution in [0, 0.1) is 13.8 Å². The van der Waals surface area contributed by atoms with Gasteiger partial charge in [-0.2, -0.15) is 0 Å². The molecule has 1 aliphatic rings. The number of rotatable bonds is 1. The van der Waals surface area contributed by atoms with E-state index in [1.54, 1.807) is 0 Å². The van der Waals surface area contributed by atoms with Gasteiger partial charge in [0.25, 0.3) is 0 Å². The van der Waals surface area contributed by atoms with Crippen molar-refractivity contribution in [1.29, 1.82) is 0 Å². The summed E-state index contributed by atoms with van der Waals surface area (Å²) in [7, 11) is 0. The lowest BCUT2D eigenvalue weighted by atomic mass is 10.1. The maximum absolute atomic E-state index is 6.49. The van der Waals surface area contributed by atoms with Crippen molar-refractivity contribution >= 4 is 11.0 Å². The number of aromatic nitrogens is 2. The lowest BCUT2D eigenvalue weighted by Gasteiger charge is -2.19. The van der Waals surface area contributed by atoms with Crippen LogP contribution in [0.4, 0.5) is 0 Å².